The van der Waals surface area contributed by atoms with Gasteiger partial charge in [0.05, 0.1) is 0 Å². The number of amides is 1. The van der Waals surface area contributed by atoms with Crippen LogP contribution in [-0.4, -0.2) is 29.0 Å². The highest BCUT2D eigenvalue weighted by atomic mass is 16.3. The van der Waals surface area contributed by atoms with Crippen molar-refractivity contribution >= 4 is 5.91 Å². The third-order valence-corrected chi connectivity index (χ3v) is 2.49. The van der Waals surface area contributed by atoms with Crippen LogP contribution in [0.4, 0.5) is 0 Å². The maximum atomic E-state index is 11.9. The highest BCUT2D eigenvalue weighted by molar-refractivity contribution is 5.93. The molecule has 0 bridgehead atoms. The number of carbonyl (C=O) groups is 1. The van der Waals surface area contributed by atoms with Gasteiger partial charge in [-0.3, -0.25) is 4.79 Å². The number of hydrogen-bond donors (Lipinski definition) is 1. The summed E-state index contributed by atoms with van der Waals surface area (Å²) in [5, 5.41) is 11.8. The van der Waals surface area contributed by atoms with E-state index in [2.05, 4.69) is 5.18 Å². The number of carbonyl (C=O) groups excluding carboxylic acids is 1. The van der Waals surface area contributed by atoms with E-state index in [4.69, 9.17) is 0 Å². The van der Waals surface area contributed by atoms with E-state index >= 15 is 0 Å². The summed E-state index contributed by atoms with van der Waals surface area (Å²) in [5.74, 6) is -0.787. The predicted octanol–water partition coefficient (Wildman–Crippen LogP) is 2.97. The molecule has 1 N–H and O–H groups in total. The van der Waals surface area contributed by atoms with Crippen LogP contribution >= 0.6 is 0 Å². The number of hydrogen-bond acceptors (Lipinski definition) is 4. The number of rotatable bonds is 8. The van der Waals surface area contributed by atoms with Crippen molar-refractivity contribution in [2.75, 3.05) is 13.1 Å². The van der Waals surface area contributed by atoms with Crippen LogP contribution in [0.5, 0.6) is 0 Å². The third-order valence-electron chi connectivity index (χ3n) is 2.49. The van der Waals surface area contributed by atoms with Crippen molar-refractivity contribution in [3.63, 3.8) is 0 Å². The average Bonchev–Trinajstić information content (AvgIpc) is 2.29. The van der Waals surface area contributed by atoms with Crippen molar-refractivity contribution in [2.24, 2.45) is 5.18 Å². The van der Waals surface area contributed by atoms with Crippen LogP contribution in [0, 0.1) is 4.91 Å². The second-order valence-electron chi connectivity index (χ2n) is 4.02. The standard InChI is InChI=1S/C12H22N2O3/c1-4-6-8-14(9-7-5-2)12(16)11(13-17)10(3)15/h15H,4-9H2,1-3H3. The smallest absolute Gasteiger partial charge is 0.279 e. The Morgan fingerprint density at radius 2 is 1.65 bits per heavy atom. The number of aliphatic hydroxyl groups is 1. The first-order valence-electron chi connectivity index (χ1n) is 6.10. The summed E-state index contributed by atoms with van der Waals surface area (Å²) in [4.78, 5) is 24.1. The summed E-state index contributed by atoms with van der Waals surface area (Å²) in [7, 11) is 0. The molecule has 0 unspecified atom stereocenters. The first-order valence-corrected chi connectivity index (χ1v) is 6.10. The molecule has 5 heteroatoms. The fourth-order valence-corrected chi connectivity index (χ4v) is 1.42. The number of aliphatic hydroxyl groups excluding tert-OH is 1. The highest BCUT2D eigenvalue weighted by Gasteiger charge is 2.20. The Balaban J connectivity index is 4.71. The van der Waals surface area contributed by atoms with Crippen LogP contribution < -0.4 is 0 Å². The van der Waals surface area contributed by atoms with Crippen molar-refractivity contribution in [1.82, 2.24) is 4.90 Å². The summed E-state index contributed by atoms with van der Waals surface area (Å²) >= 11 is 0. The van der Waals surface area contributed by atoms with E-state index in [9.17, 15) is 14.8 Å². The Kier molecular flexibility index (Phi) is 8.01. The molecule has 0 aliphatic heterocycles. The molecule has 1 amide bonds. The zero-order valence-corrected chi connectivity index (χ0v) is 10.9. The topological polar surface area (TPSA) is 70.0 Å². The number of allylic oxidation sites excluding steroid dienone is 1. The number of unbranched alkanes of at least 4 members (excludes halogenated alkanes) is 2. The molecule has 0 rings (SSSR count). The maximum absolute atomic E-state index is 11.9. The molecule has 0 aliphatic rings. The highest BCUT2D eigenvalue weighted by Crippen LogP contribution is 2.10. The van der Waals surface area contributed by atoms with Gasteiger partial charge < -0.3 is 10.0 Å². The summed E-state index contributed by atoms with van der Waals surface area (Å²) < 4.78 is 0. The van der Waals surface area contributed by atoms with Crippen molar-refractivity contribution in [3.05, 3.63) is 16.4 Å². The van der Waals surface area contributed by atoms with Crippen molar-refractivity contribution in [2.45, 2.75) is 46.5 Å². The Hall–Kier alpha value is -1.39. The van der Waals surface area contributed by atoms with E-state index in [1.165, 1.54) is 6.92 Å². The molecule has 0 aromatic rings. The second-order valence-corrected chi connectivity index (χ2v) is 4.02. The maximum Gasteiger partial charge on any atom is 0.279 e. The molecule has 0 aliphatic carbocycles. The van der Waals surface area contributed by atoms with Gasteiger partial charge in [0.15, 0.2) is 0 Å². The summed E-state index contributed by atoms with van der Waals surface area (Å²) in [6.07, 6.45) is 3.71. The van der Waals surface area contributed by atoms with Crippen LogP contribution in [0.2, 0.25) is 0 Å². The zero-order valence-electron chi connectivity index (χ0n) is 10.9. The Labute approximate surface area is 102 Å². The van der Waals surface area contributed by atoms with Gasteiger partial charge in [-0.1, -0.05) is 26.7 Å². The van der Waals surface area contributed by atoms with Gasteiger partial charge in [0.2, 0.25) is 5.70 Å². The lowest BCUT2D eigenvalue weighted by Gasteiger charge is -2.21. The lowest BCUT2D eigenvalue weighted by molar-refractivity contribution is -0.127. The normalized spacial score (nSPS) is 11.9. The number of nitroso groups, excluding NO2 is 1. The van der Waals surface area contributed by atoms with E-state index in [0.29, 0.717) is 13.1 Å². The van der Waals surface area contributed by atoms with Gasteiger partial charge in [-0.15, -0.1) is 4.91 Å². The van der Waals surface area contributed by atoms with Gasteiger partial charge in [0, 0.05) is 13.1 Å². The first kappa shape index (κ1) is 15.6. The predicted molar refractivity (Wildman–Crippen MR) is 67.5 cm³/mol. The van der Waals surface area contributed by atoms with Crippen LogP contribution in [0.3, 0.4) is 0 Å². The molecule has 0 radical (unpaired) electrons. The Morgan fingerprint density at radius 3 is 1.94 bits per heavy atom. The minimum absolute atomic E-state index is 0.317. The molecule has 0 aromatic heterocycles. The van der Waals surface area contributed by atoms with Crippen molar-refractivity contribution in [1.29, 1.82) is 0 Å². The van der Waals surface area contributed by atoms with E-state index < -0.39 is 5.91 Å². The average molecular weight is 242 g/mol. The summed E-state index contributed by atoms with van der Waals surface area (Å²) in [5.41, 5.74) is -0.378. The number of nitrogens with zero attached hydrogens (tertiary/aromatic N) is 2. The monoisotopic (exact) mass is 242 g/mol. The summed E-state index contributed by atoms with van der Waals surface area (Å²) in [6, 6.07) is 0. The Morgan fingerprint density at radius 1 is 1.18 bits per heavy atom. The van der Waals surface area contributed by atoms with Gasteiger partial charge in [-0.2, -0.15) is 0 Å². The molecule has 0 aromatic carbocycles. The molecule has 0 fully saturated rings. The SMILES string of the molecule is CCCCN(CCCC)C(=O)C(N=O)=C(C)O. The fraction of sp³-hybridized carbons (Fsp3) is 0.750. The van der Waals surface area contributed by atoms with Crippen LogP contribution in [0.1, 0.15) is 46.5 Å². The third kappa shape index (κ3) is 5.47. The molecule has 17 heavy (non-hydrogen) atoms. The molecule has 5 nitrogen and oxygen atoms in total. The van der Waals surface area contributed by atoms with E-state index in [0.717, 1.165) is 25.7 Å². The lowest BCUT2D eigenvalue weighted by Crippen LogP contribution is -2.34. The molecule has 0 heterocycles. The van der Waals surface area contributed by atoms with Crippen molar-refractivity contribution < 1.29 is 9.90 Å². The zero-order chi connectivity index (χ0) is 13.3. The molecule has 0 spiro atoms. The van der Waals surface area contributed by atoms with Gasteiger partial charge in [0.1, 0.15) is 5.76 Å². The van der Waals surface area contributed by atoms with Gasteiger partial charge >= 0.3 is 0 Å². The lowest BCUT2D eigenvalue weighted by atomic mass is 10.2. The molecular formula is C12H22N2O3. The fourth-order valence-electron chi connectivity index (χ4n) is 1.42. The molecule has 0 saturated heterocycles. The minimum Gasteiger partial charge on any atom is -0.510 e. The van der Waals surface area contributed by atoms with E-state index in [1.54, 1.807) is 4.90 Å². The van der Waals surface area contributed by atoms with Gasteiger partial charge in [-0.05, 0) is 24.9 Å². The molecule has 0 atom stereocenters. The first-order chi connectivity index (χ1) is 8.08. The van der Waals surface area contributed by atoms with E-state index in [1.807, 2.05) is 13.8 Å². The summed E-state index contributed by atoms with van der Waals surface area (Å²) in [6.45, 7) is 6.57. The molecular weight excluding hydrogens is 220 g/mol. The molecule has 98 valence electrons. The van der Waals surface area contributed by atoms with E-state index in [-0.39, 0.29) is 11.5 Å². The molecule has 0 saturated carbocycles. The van der Waals surface area contributed by atoms with Crippen LogP contribution in [0.15, 0.2) is 16.6 Å². The largest absolute Gasteiger partial charge is 0.510 e. The van der Waals surface area contributed by atoms with Crippen molar-refractivity contribution in [3.8, 4) is 0 Å². The second kappa shape index (κ2) is 8.73. The quantitative estimate of drug-likeness (QED) is 0.404. The Bertz CT molecular complexity index is 275. The van der Waals surface area contributed by atoms with Gasteiger partial charge in [0.25, 0.3) is 5.91 Å². The minimum atomic E-state index is -0.470. The van der Waals surface area contributed by atoms with Gasteiger partial charge in [-0.25, -0.2) is 0 Å². The van der Waals surface area contributed by atoms with Crippen LogP contribution in [-0.2, 0) is 4.79 Å². The van der Waals surface area contributed by atoms with Crippen LogP contribution in [0.25, 0.3) is 0 Å².